The van der Waals surface area contributed by atoms with Crippen LogP contribution in [0.5, 0.6) is 0 Å². The Labute approximate surface area is 203 Å². The molecule has 0 aliphatic heterocycles. The molecule has 1 amide bonds. The molecular weight excluding hydrogens is 418 g/mol. The second kappa shape index (κ2) is 10.7. The van der Waals surface area contributed by atoms with Gasteiger partial charge in [-0.15, -0.1) is 0 Å². The summed E-state index contributed by atoms with van der Waals surface area (Å²) in [5, 5.41) is 2.90. The Balaban J connectivity index is 1.31. The molecule has 3 heteroatoms. The number of hydrogen-bond donors (Lipinski definition) is 1. The van der Waals surface area contributed by atoms with Crippen molar-refractivity contribution in [3.8, 4) is 11.1 Å². The third-order valence-electron chi connectivity index (χ3n) is 6.63. The van der Waals surface area contributed by atoms with Crippen LogP contribution in [-0.2, 0) is 4.74 Å². The van der Waals surface area contributed by atoms with Crippen LogP contribution in [0.2, 0.25) is 0 Å². The van der Waals surface area contributed by atoms with Gasteiger partial charge in [-0.05, 0) is 57.2 Å². The highest BCUT2D eigenvalue weighted by molar-refractivity contribution is 5.79. The summed E-state index contributed by atoms with van der Waals surface area (Å²) < 4.78 is 5.63. The molecule has 0 atom stereocenters. The van der Waals surface area contributed by atoms with E-state index in [1.165, 1.54) is 38.9 Å². The van der Waals surface area contributed by atoms with E-state index in [9.17, 15) is 4.79 Å². The lowest BCUT2D eigenvalue weighted by molar-refractivity contribution is 0.143. The molecule has 3 nitrogen and oxygen atoms in total. The Hall–Kier alpha value is -3.33. The summed E-state index contributed by atoms with van der Waals surface area (Å²) in [6, 6.07) is 23.3. The molecule has 0 saturated carbocycles. The molecule has 0 saturated heterocycles. The molecule has 1 aliphatic rings. The van der Waals surface area contributed by atoms with Gasteiger partial charge in [0.15, 0.2) is 0 Å². The minimum Gasteiger partial charge on any atom is -0.449 e. The monoisotopic (exact) mass is 453 g/mol. The highest BCUT2D eigenvalue weighted by Crippen LogP contribution is 2.44. The fourth-order valence-corrected chi connectivity index (χ4v) is 4.91. The SMILES string of the molecule is CC(C)c1cccc(C(C)C)c1C=CCCNC(=O)OCC1c2ccccc2-c2ccccc21. The van der Waals surface area contributed by atoms with Gasteiger partial charge < -0.3 is 10.1 Å². The van der Waals surface area contributed by atoms with E-state index in [0.29, 0.717) is 25.0 Å². The first-order valence-corrected chi connectivity index (χ1v) is 12.4. The second-order valence-corrected chi connectivity index (χ2v) is 9.60. The summed E-state index contributed by atoms with van der Waals surface area (Å²) in [5.74, 6) is 1.02. The van der Waals surface area contributed by atoms with E-state index in [4.69, 9.17) is 4.74 Å². The second-order valence-electron chi connectivity index (χ2n) is 9.60. The number of amides is 1. The van der Waals surface area contributed by atoms with Crippen LogP contribution in [-0.4, -0.2) is 19.2 Å². The topological polar surface area (TPSA) is 38.3 Å². The minimum atomic E-state index is -0.360. The molecule has 0 fully saturated rings. The number of nitrogens with one attached hydrogen (secondary N) is 1. The maximum Gasteiger partial charge on any atom is 0.407 e. The first-order valence-electron chi connectivity index (χ1n) is 12.4. The van der Waals surface area contributed by atoms with Crippen molar-refractivity contribution in [2.75, 3.05) is 13.2 Å². The summed E-state index contributed by atoms with van der Waals surface area (Å²) >= 11 is 0. The summed E-state index contributed by atoms with van der Waals surface area (Å²) in [6.07, 6.45) is 4.76. The van der Waals surface area contributed by atoms with Gasteiger partial charge in [-0.1, -0.05) is 107 Å². The summed E-state index contributed by atoms with van der Waals surface area (Å²) in [5.41, 5.74) is 8.97. The zero-order chi connectivity index (χ0) is 24.1. The van der Waals surface area contributed by atoms with E-state index >= 15 is 0 Å². The van der Waals surface area contributed by atoms with Crippen LogP contribution in [0.1, 0.15) is 79.7 Å². The van der Waals surface area contributed by atoms with Crippen molar-refractivity contribution in [3.05, 3.63) is 101 Å². The standard InChI is InChI=1S/C31H35NO2/c1-21(2)23-17-11-18-24(22(3)4)25(23)16-9-10-19-32-31(33)34-20-30-28-14-7-5-12-26(28)27-13-6-8-15-29(27)30/h5-9,11-18,21-22,30H,10,19-20H2,1-4H3,(H,32,33). The highest BCUT2D eigenvalue weighted by Gasteiger charge is 2.28. The zero-order valence-corrected chi connectivity index (χ0v) is 20.7. The lowest BCUT2D eigenvalue weighted by atomic mass is 9.88. The van der Waals surface area contributed by atoms with E-state index in [2.05, 4.69) is 99.8 Å². The summed E-state index contributed by atoms with van der Waals surface area (Å²) in [7, 11) is 0. The number of rotatable bonds is 8. The molecule has 0 unspecified atom stereocenters. The van der Waals surface area contributed by atoms with Crippen LogP contribution in [0, 0.1) is 0 Å². The molecule has 34 heavy (non-hydrogen) atoms. The molecular formula is C31H35NO2. The number of fused-ring (bicyclic) bond motifs is 3. The third kappa shape index (κ3) is 5.09. The van der Waals surface area contributed by atoms with Gasteiger partial charge in [0.25, 0.3) is 0 Å². The van der Waals surface area contributed by atoms with Crippen molar-refractivity contribution in [2.24, 2.45) is 0 Å². The van der Waals surface area contributed by atoms with Gasteiger partial charge in [0.2, 0.25) is 0 Å². The summed E-state index contributed by atoms with van der Waals surface area (Å²) in [4.78, 5) is 12.4. The lowest BCUT2D eigenvalue weighted by Gasteiger charge is -2.17. The number of alkyl carbamates (subject to hydrolysis) is 1. The first-order chi connectivity index (χ1) is 16.5. The van der Waals surface area contributed by atoms with Gasteiger partial charge in [0.1, 0.15) is 6.61 Å². The molecule has 0 radical (unpaired) electrons. The lowest BCUT2D eigenvalue weighted by Crippen LogP contribution is -2.26. The Morgan fingerprint density at radius 1 is 0.853 bits per heavy atom. The highest BCUT2D eigenvalue weighted by atomic mass is 16.5. The van der Waals surface area contributed by atoms with Gasteiger partial charge in [-0.25, -0.2) is 4.79 Å². The predicted octanol–water partition coefficient (Wildman–Crippen LogP) is 7.88. The zero-order valence-electron chi connectivity index (χ0n) is 20.7. The fourth-order valence-electron chi connectivity index (χ4n) is 4.91. The normalized spacial score (nSPS) is 12.9. The number of ether oxygens (including phenoxy) is 1. The molecule has 4 rings (SSSR count). The predicted molar refractivity (Wildman–Crippen MR) is 141 cm³/mol. The maximum atomic E-state index is 12.4. The summed E-state index contributed by atoms with van der Waals surface area (Å²) in [6.45, 7) is 9.82. The average molecular weight is 454 g/mol. The van der Waals surface area contributed by atoms with E-state index in [1.54, 1.807) is 0 Å². The fraction of sp³-hybridized carbons (Fsp3) is 0.323. The van der Waals surface area contributed by atoms with E-state index < -0.39 is 0 Å². The largest absolute Gasteiger partial charge is 0.449 e. The molecule has 3 aromatic carbocycles. The number of carbonyl (C=O) groups excluding carboxylic acids is 1. The number of hydrogen-bond acceptors (Lipinski definition) is 2. The Morgan fingerprint density at radius 2 is 1.41 bits per heavy atom. The average Bonchev–Trinajstić information content (AvgIpc) is 3.16. The quantitative estimate of drug-likeness (QED) is 0.352. The molecule has 3 aromatic rings. The Morgan fingerprint density at radius 3 is 1.97 bits per heavy atom. The van der Waals surface area contributed by atoms with Gasteiger partial charge in [0.05, 0.1) is 0 Å². The van der Waals surface area contributed by atoms with Crippen molar-refractivity contribution in [3.63, 3.8) is 0 Å². The first kappa shape index (κ1) is 23.8. The molecule has 1 N–H and O–H groups in total. The van der Waals surface area contributed by atoms with Crippen LogP contribution in [0.15, 0.2) is 72.8 Å². The van der Waals surface area contributed by atoms with Crippen molar-refractivity contribution in [1.82, 2.24) is 5.32 Å². The van der Waals surface area contributed by atoms with Crippen LogP contribution in [0.25, 0.3) is 17.2 Å². The molecule has 1 aliphatic carbocycles. The molecule has 0 bridgehead atoms. The third-order valence-corrected chi connectivity index (χ3v) is 6.63. The number of carbonyl (C=O) groups is 1. The smallest absolute Gasteiger partial charge is 0.407 e. The van der Waals surface area contributed by atoms with Crippen LogP contribution < -0.4 is 5.32 Å². The van der Waals surface area contributed by atoms with Gasteiger partial charge in [-0.3, -0.25) is 0 Å². The Kier molecular flexibility index (Phi) is 7.52. The molecule has 176 valence electrons. The Bertz CT molecular complexity index is 1100. The molecule has 0 aromatic heterocycles. The van der Waals surface area contributed by atoms with E-state index in [1.807, 2.05) is 12.1 Å². The van der Waals surface area contributed by atoms with Crippen molar-refractivity contribution in [2.45, 2.75) is 51.9 Å². The maximum absolute atomic E-state index is 12.4. The van der Waals surface area contributed by atoms with Gasteiger partial charge >= 0.3 is 6.09 Å². The van der Waals surface area contributed by atoms with Crippen molar-refractivity contribution in [1.29, 1.82) is 0 Å². The van der Waals surface area contributed by atoms with E-state index in [0.717, 1.165) is 6.42 Å². The minimum absolute atomic E-state index is 0.0834. The van der Waals surface area contributed by atoms with Crippen LogP contribution in [0.3, 0.4) is 0 Å². The van der Waals surface area contributed by atoms with Crippen LogP contribution >= 0.6 is 0 Å². The van der Waals surface area contributed by atoms with Crippen molar-refractivity contribution < 1.29 is 9.53 Å². The molecule has 0 spiro atoms. The number of benzene rings is 3. The van der Waals surface area contributed by atoms with Gasteiger partial charge in [0, 0.05) is 12.5 Å². The van der Waals surface area contributed by atoms with Gasteiger partial charge in [-0.2, -0.15) is 0 Å². The van der Waals surface area contributed by atoms with Crippen LogP contribution in [0.4, 0.5) is 4.79 Å². The van der Waals surface area contributed by atoms with E-state index in [-0.39, 0.29) is 12.0 Å². The van der Waals surface area contributed by atoms with Crippen molar-refractivity contribution >= 4 is 12.2 Å². The molecule has 0 heterocycles.